The van der Waals surface area contributed by atoms with Crippen LogP contribution in [0.4, 0.5) is 16.2 Å². The summed E-state index contributed by atoms with van der Waals surface area (Å²) in [4.78, 5) is 14.7. The van der Waals surface area contributed by atoms with Crippen molar-refractivity contribution in [3.8, 4) is 0 Å². The van der Waals surface area contributed by atoms with Crippen LogP contribution in [0.5, 0.6) is 0 Å². The van der Waals surface area contributed by atoms with Crippen molar-refractivity contribution in [2.45, 2.75) is 25.4 Å². The Bertz CT molecular complexity index is 986. The number of carbonyl (C=O) groups is 1. The summed E-state index contributed by atoms with van der Waals surface area (Å²) in [6.45, 7) is 2.54. The molecule has 0 spiro atoms. The lowest BCUT2D eigenvalue weighted by Crippen LogP contribution is -2.37. The molecule has 3 aromatic rings. The monoisotopic (exact) mass is 429 g/mol. The Hall–Kier alpha value is -3.15. The number of carbonyl (C=O) groups excluding carboxylic acids is 1. The number of para-hydroxylation sites is 2. The Morgan fingerprint density at radius 3 is 2.22 bits per heavy atom. The van der Waals surface area contributed by atoms with Gasteiger partial charge in [-0.1, -0.05) is 66.7 Å². The number of rotatable bonds is 7. The minimum Gasteiger partial charge on any atom is -0.387 e. The van der Waals surface area contributed by atoms with Crippen LogP contribution in [-0.4, -0.2) is 35.7 Å². The smallest absolute Gasteiger partial charge is 0.323 e. The lowest BCUT2D eigenvalue weighted by atomic mass is 9.90. The SMILES string of the molecule is O=C(Nc1ccccc1)Nc1ccccc1C(O)CN1CCC(Cc2ccccc2)CC1. The highest BCUT2D eigenvalue weighted by Crippen LogP contribution is 2.27. The lowest BCUT2D eigenvalue weighted by Gasteiger charge is -2.33. The van der Waals surface area contributed by atoms with Crippen LogP contribution in [0.1, 0.15) is 30.1 Å². The molecule has 0 aliphatic carbocycles. The number of benzene rings is 3. The molecule has 2 amide bonds. The van der Waals surface area contributed by atoms with E-state index in [0.717, 1.165) is 43.6 Å². The van der Waals surface area contributed by atoms with Crippen LogP contribution >= 0.6 is 0 Å². The van der Waals surface area contributed by atoms with E-state index in [1.54, 1.807) is 0 Å². The first kappa shape index (κ1) is 22.1. The molecular formula is C27H31N3O2. The molecule has 0 bridgehead atoms. The van der Waals surface area contributed by atoms with Gasteiger partial charge in [0, 0.05) is 23.5 Å². The fourth-order valence-corrected chi connectivity index (χ4v) is 4.37. The summed E-state index contributed by atoms with van der Waals surface area (Å²) in [6, 6.07) is 27.1. The van der Waals surface area contributed by atoms with Gasteiger partial charge in [0.1, 0.15) is 0 Å². The van der Waals surface area contributed by atoms with Crippen molar-refractivity contribution in [2.75, 3.05) is 30.3 Å². The van der Waals surface area contributed by atoms with Gasteiger partial charge in [-0.3, -0.25) is 0 Å². The summed E-state index contributed by atoms with van der Waals surface area (Å²) < 4.78 is 0. The van der Waals surface area contributed by atoms with Gasteiger partial charge in [-0.15, -0.1) is 0 Å². The number of aliphatic hydroxyl groups excluding tert-OH is 1. The van der Waals surface area contributed by atoms with E-state index in [9.17, 15) is 9.90 Å². The van der Waals surface area contributed by atoms with E-state index < -0.39 is 6.10 Å². The zero-order valence-corrected chi connectivity index (χ0v) is 18.3. The van der Waals surface area contributed by atoms with Crippen LogP contribution < -0.4 is 10.6 Å². The number of anilines is 2. The Balaban J connectivity index is 1.30. The number of amides is 2. The van der Waals surface area contributed by atoms with Crippen molar-refractivity contribution < 1.29 is 9.90 Å². The third kappa shape index (κ3) is 6.19. The van der Waals surface area contributed by atoms with Crippen LogP contribution in [0.25, 0.3) is 0 Å². The fourth-order valence-electron chi connectivity index (χ4n) is 4.37. The van der Waals surface area contributed by atoms with Gasteiger partial charge in [-0.2, -0.15) is 0 Å². The zero-order chi connectivity index (χ0) is 22.2. The van der Waals surface area contributed by atoms with Crippen LogP contribution in [0.15, 0.2) is 84.9 Å². The first-order valence-electron chi connectivity index (χ1n) is 11.3. The molecule has 1 aliphatic heterocycles. The van der Waals surface area contributed by atoms with Crippen molar-refractivity contribution in [3.63, 3.8) is 0 Å². The average Bonchev–Trinajstić information content (AvgIpc) is 2.82. The Kier molecular flexibility index (Phi) is 7.54. The molecule has 0 radical (unpaired) electrons. The standard InChI is InChI=1S/C27H31N3O2/c31-26(20-30-17-15-22(16-18-30)19-21-9-3-1-4-10-21)24-13-7-8-14-25(24)29-27(32)28-23-11-5-2-6-12-23/h1-14,22,26,31H,15-20H2,(H2,28,29,32). The zero-order valence-electron chi connectivity index (χ0n) is 18.3. The third-order valence-corrected chi connectivity index (χ3v) is 6.11. The molecular weight excluding hydrogens is 398 g/mol. The van der Waals surface area contributed by atoms with Gasteiger partial charge >= 0.3 is 6.03 Å². The number of β-amino-alcohol motifs (C(OH)–C–C–N with tert-alkyl or cyclic N) is 1. The van der Waals surface area contributed by atoms with Crippen molar-refractivity contribution in [1.82, 2.24) is 4.90 Å². The second-order valence-electron chi connectivity index (χ2n) is 8.48. The van der Waals surface area contributed by atoms with Crippen molar-refractivity contribution in [2.24, 2.45) is 5.92 Å². The number of likely N-dealkylation sites (tertiary alicyclic amines) is 1. The minimum absolute atomic E-state index is 0.322. The molecule has 0 aromatic heterocycles. The lowest BCUT2D eigenvalue weighted by molar-refractivity contribution is 0.0897. The maximum absolute atomic E-state index is 12.4. The van der Waals surface area contributed by atoms with Crippen LogP contribution in [-0.2, 0) is 6.42 Å². The van der Waals surface area contributed by atoms with E-state index in [0.29, 0.717) is 18.2 Å². The van der Waals surface area contributed by atoms with Gasteiger partial charge in [0.05, 0.1) is 6.10 Å². The Labute approximate surface area is 190 Å². The molecule has 166 valence electrons. The first-order chi connectivity index (χ1) is 15.7. The van der Waals surface area contributed by atoms with E-state index in [2.05, 4.69) is 45.9 Å². The van der Waals surface area contributed by atoms with Gasteiger partial charge in [0.2, 0.25) is 0 Å². The average molecular weight is 430 g/mol. The van der Waals surface area contributed by atoms with Gasteiger partial charge < -0.3 is 20.6 Å². The first-order valence-corrected chi connectivity index (χ1v) is 11.3. The second-order valence-corrected chi connectivity index (χ2v) is 8.48. The van der Waals surface area contributed by atoms with Gasteiger partial charge in [0.25, 0.3) is 0 Å². The van der Waals surface area contributed by atoms with E-state index in [-0.39, 0.29) is 6.03 Å². The molecule has 3 N–H and O–H groups in total. The number of nitrogens with one attached hydrogen (secondary N) is 2. The summed E-state index contributed by atoms with van der Waals surface area (Å²) in [6.07, 6.45) is 2.75. The van der Waals surface area contributed by atoms with E-state index in [1.807, 2.05) is 54.6 Å². The molecule has 1 atom stereocenters. The maximum atomic E-state index is 12.4. The van der Waals surface area contributed by atoms with E-state index in [4.69, 9.17) is 0 Å². The number of piperidine rings is 1. The van der Waals surface area contributed by atoms with E-state index in [1.165, 1.54) is 5.56 Å². The molecule has 5 heteroatoms. The molecule has 1 saturated heterocycles. The predicted molar refractivity (Wildman–Crippen MR) is 130 cm³/mol. The van der Waals surface area contributed by atoms with Crippen molar-refractivity contribution in [3.05, 3.63) is 96.1 Å². The number of aliphatic hydroxyl groups is 1. The maximum Gasteiger partial charge on any atom is 0.323 e. The molecule has 4 rings (SSSR count). The number of nitrogens with zero attached hydrogens (tertiary/aromatic N) is 1. The van der Waals surface area contributed by atoms with Crippen LogP contribution in [0.3, 0.4) is 0 Å². The fraction of sp³-hybridized carbons (Fsp3) is 0.296. The molecule has 5 nitrogen and oxygen atoms in total. The highest BCUT2D eigenvalue weighted by atomic mass is 16.3. The largest absolute Gasteiger partial charge is 0.387 e. The van der Waals surface area contributed by atoms with E-state index >= 15 is 0 Å². The number of hydrogen-bond acceptors (Lipinski definition) is 3. The minimum atomic E-state index is -0.658. The molecule has 1 unspecified atom stereocenters. The van der Waals surface area contributed by atoms with Gasteiger partial charge in [-0.05, 0) is 62.0 Å². The molecule has 32 heavy (non-hydrogen) atoms. The molecule has 1 heterocycles. The normalized spacial score (nSPS) is 15.8. The number of hydrogen-bond donors (Lipinski definition) is 3. The highest BCUT2D eigenvalue weighted by Gasteiger charge is 2.23. The molecule has 1 fully saturated rings. The van der Waals surface area contributed by atoms with Gasteiger partial charge in [0.15, 0.2) is 0 Å². The summed E-state index contributed by atoms with van der Waals surface area (Å²) in [5, 5.41) is 16.6. The Morgan fingerprint density at radius 1 is 0.875 bits per heavy atom. The summed E-state index contributed by atoms with van der Waals surface area (Å²) in [5.41, 5.74) is 3.50. The predicted octanol–water partition coefficient (Wildman–Crippen LogP) is 5.32. The van der Waals surface area contributed by atoms with Gasteiger partial charge in [-0.25, -0.2) is 4.79 Å². The molecule has 3 aromatic carbocycles. The quantitative estimate of drug-likeness (QED) is 0.476. The highest BCUT2D eigenvalue weighted by molar-refractivity contribution is 6.00. The third-order valence-electron chi connectivity index (χ3n) is 6.11. The molecule has 1 aliphatic rings. The summed E-state index contributed by atoms with van der Waals surface area (Å²) >= 11 is 0. The number of urea groups is 1. The molecule has 0 saturated carbocycles. The van der Waals surface area contributed by atoms with Crippen LogP contribution in [0.2, 0.25) is 0 Å². The Morgan fingerprint density at radius 2 is 1.50 bits per heavy atom. The second kappa shape index (κ2) is 10.9. The topological polar surface area (TPSA) is 64.6 Å². The van der Waals surface area contributed by atoms with Crippen molar-refractivity contribution >= 4 is 17.4 Å². The summed E-state index contributed by atoms with van der Waals surface area (Å²) in [5.74, 6) is 0.696. The summed E-state index contributed by atoms with van der Waals surface area (Å²) in [7, 11) is 0. The van der Waals surface area contributed by atoms with Crippen LogP contribution in [0, 0.1) is 5.92 Å². The van der Waals surface area contributed by atoms with Crippen molar-refractivity contribution in [1.29, 1.82) is 0 Å².